The molecule has 0 aromatic carbocycles. The van der Waals surface area contributed by atoms with E-state index in [1.165, 1.54) is 11.3 Å². The zero-order valence-corrected chi connectivity index (χ0v) is 13.1. The second-order valence-electron chi connectivity index (χ2n) is 5.41. The minimum Gasteiger partial charge on any atom is -0.396 e. The lowest BCUT2D eigenvalue weighted by Crippen LogP contribution is -2.53. The molecule has 5 nitrogen and oxygen atoms in total. The summed E-state index contributed by atoms with van der Waals surface area (Å²) in [6.07, 6.45) is 3.12. The first-order valence-corrected chi connectivity index (χ1v) is 8.27. The fourth-order valence-electron chi connectivity index (χ4n) is 2.59. The van der Waals surface area contributed by atoms with Gasteiger partial charge >= 0.3 is 0 Å². The van der Waals surface area contributed by atoms with Gasteiger partial charge in [0.25, 0.3) is 5.91 Å². The van der Waals surface area contributed by atoms with Gasteiger partial charge in [-0.1, -0.05) is 6.07 Å². The molecule has 0 bridgehead atoms. The van der Waals surface area contributed by atoms with Gasteiger partial charge in [-0.2, -0.15) is 0 Å². The van der Waals surface area contributed by atoms with Gasteiger partial charge in [0.2, 0.25) is 5.91 Å². The Morgan fingerprint density at radius 2 is 2.33 bits per heavy atom. The molecule has 116 valence electrons. The molecule has 2 atom stereocenters. The lowest BCUT2D eigenvalue weighted by molar-refractivity contribution is -0.127. The third-order valence-corrected chi connectivity index (χ3v) is 4.61. The first-order chi connectivity index (χ1) is 10.1. The first-order valence-electron chi connectivity index (χ1n) is 7.39. The van der Waals surface area contributed by atoms with E-state index >= 15 is 0 Å². The number of nitrogens with zero attached hydrogens (tertiary/aromatic N) is 1. The van der Waals surface area contributed by atoms with Crippen LogP contribution in [-0.2, 0) is 4.79 Å². The van der Waals surface area contributed by atoms with Crippen molar-refractivity contribution in [1.29, 1.82) is 0 Å². The summed E-state index contributed by atoms with van der Waals surface area (Å²) >= 11 is 1.40. The molecule has 0 saturated carbocycles. The average molecular weight is 310 g/mol. The van der Waals surface area contributed by atoms with Crippen molar-refractivity contribution in [2.75, 3.05) is 13.2 Å². The fourth-order valence-corrected chi connectivity index (χ4v) is 3.27. The van der Waals surface area contributed by atoms with Crippen molar-refractivity contribution in [3.63, 3.8) is 0 Å². The van der Waals surface area contributed by atoms with Crippen molar-refractivity contribution in [2.24, 2.45) is 0 Å². The number of hydrogen-bond acceptors (Lipinski definition) is 4. The predicted molar refractivity (Wildman–Crippen MR) is 82.3 cm³/mol. The molecule has 1 aliphatic heterocycles. The predicted octanol–water partition coefficient (Wildman–Crippen LogP) is 1.63. The summed E-state index contributed by atoms with van der Waals surface area (Å²) in [6, 6.07) is 3.17. The van der Waals surface area contributed by atoms with Crippen LogP contribution in [0.3, 0.4) is 0 Å². The number of hydrogen-bond donors (Lipinski definition) is 2. The zero-order chi connectivity index (χ0) is 15.2. The number of likely N-dealkylation sites (tertiary alicyclic amines) is 1. The number of aliphatic hydroxyl groups excluding tert-OH is 1. The van der Waals surface area contributed by atoms with Crippen molar-refractivity contribution >= 4 is 23.2 Å². The molecule has 6 heteroatoms. The van der Waals surface area contributed by atoms with Crippen molar-refractivity contribution in [1.82, 2.24) is 10.2 Å². The molecule has 2 N–H and O–H groups in total. The molecule has 2 heterocycles. The Labute approximate surface area is 129 Å². The van der Waals surface area contributed by atoms with E-state index in [0.29, 0.717) is 24.3 Å². The van der Waals surface area contributed by atoms with Crippen molar-refractivity contribution in [3.8, 4) is 0 Å². The summed E-state index contributed by atoms with van der Waals surface area (Å²) in [5.74, 6) is -0.166. The molecule has 0 spiro atoms. The van der Waals surface area contributed by atoms with Crippen LogP contribution in [-0.4, -0.2) is 47.1 Å². The molecule has 21 heavy (non-hydrogen) atoms. The zero-order valence-electron chi connectivity index (χ0n) is 12.2. The van der Waals surface area contributed by atoms with Crippen LogP contribution in [0.4, 0.5) is 0 Å². The molecule has 0 radical (unpaired) electrons. The summed E-state index contributed by atoms with van der Waals surface area (Å²) in [5, 5.41) is 13.7. The Kier molecular flexibility index (Phi) is 5.76. The maximum absolute atomic E-state index is 12.5. The smallest absolute Gasteiger partial charge is 0.264 e. The number of carbonyl (C=O) groups excluding carboxylic acids is 2. The van der Waals surface area contributed by atoms with Crippen LogP contribution in [0.1, 0.15) is 42.3 Å². The number of nitrogens with one attached hydrogen (secondary N) is 1. The van der Waals surface area contributed by atoms with E-state index in [9.17, 15) is 9.59 Å². The highest BCUT2D eigenvalue weighted by Gasteiger charge is 2.33. The largest absolute Gasteiger partial charge is 0.396 e. The Morgan fingerprint density at radius 1 is 1.52 bits per heavy atom. The summed E-state index contributed by atoms with van der Waals surface area (Å²) in [6.45, 7) is 2.54. The number of carbonyl (C=O) groups is 2. The summed E-state index contributed by atoms with van der Waals surface area (Å²) in [4.78, 5) is 27.3. The van der Waals surface area contributed by atoms with Crippen LogP contribution in [0, 0.1) is 0 Å². The quantitative estimate of drug-likeness (QED) is 0.868. The van der Waals surface area contributed by atoms with Gasteiger partial charge in [-0.05, 0) is 44.1 Å². The van der Waals surface area contributed by atoms with E-state index in [1.807, 2.05) is 18.4 Å². The number of thiophene rings is 1. The number of piperidine rings is 1. The van der Waals surface area contributed by atoms with E-state index in [4.69, 9.17) is 5.11 Å². The third-order valence-electron chi connectivity index (χ3n) is 3.75. The second-order valence-corrected chi connectivity index (χ2v) is 6.36. The Hall–Kier alpha value is -1.40. The minimum atomic E-state index is -0.394. The summed E-state index contributed by atoms with van der Waals surface area (Å²) < 4.78 is 0. The third kappa shape index (κ3) is 4.04. The van der Waals surface area contributed by atoms with Gasteiger partial charge in [-0.3, -0.25) is 9.59 Å². The fraction of sp³-hybridized carbons (Fsp3) is 0.600. The van der Waals surface area contributed by atoms with E-state index in [1.54, 1.807) is 11.0 Å². The van der Waals surface area contributed by atoms with Gasteiger partial charge in [0.15, 0.2) is 0 Å². The van der Waals surface area contributed by atoms with Crippen LogP contribution in [0.2, 0.25) is 0 Å². The Bertz CT molecular complexity index is 475. The first kappa shape index (κ1) is 16.0. The highest BCUT2D eigenvalue weighted by Crippen LogP contribution is 2.22. The molecule has 0 aliphatic carbocycles. The monoisotopic (exact) mass is 310 g/mol. The van der Waals surface area contributed by atoms with Crippen LogP contribution in [0.25, 0.3) is 0 Å². The molecule has 1 fully saturated rings. The molecule has 2 rings (SSSR count). The van der Waals surface area contributed by atoms with Crippen molar-refractivity contribution < 1.29 is 14.7 Å². The van der Waals surface area contributed by atoms with Gasteiger partial charge in [0.05, 0.1) is 4.88 Å². The highest BCUT2D eigenvalue weighted by molar-refractivity contribution is 7.12. The highest BCUT2D eigenvalue weighted by atomic mass is 32.1. The molecule has 1 aromatic rings. The molecule has 2 amide bonds. The molecular formula is C15H22N2O3S. The lowest BCUT2D eigenvalue weighted by Gasteiger charge is -2.35. The topological polar surface area (TPSA) is 69.6 Å². The standard InChI is InChI=1S/C15H22N2O3S/c1-11(7-9-18)16-14(19)12-5-2-3-8-17(12)15(20)13-6-4-10-21-13/h4,6,10-12,18H,2-3,5,7-9H2,1H3,(H,16,19)/t11-,12?/m1/s1. The van der Waals surface area contributed by atoms with Crippen molar-refractivity contribution in [3.05, 3.63) is 22.4 Å². The number of rotatable bonds is 5. The van der Waals surface area contributed by atoms with E-state index in [0.717, 1.165) is 12.8 Å². The van der Waals surface area contributed by atoms with Gasteiger partial charge in [0, 0.05) is 19.2 Å². The second kappa shape index (κ2) is 7.56. The van der Waals surface area contributed by atoms with Crippen LogP contribution >= 0.6 is 11.3 Å². The van der Waals surface area contributed by atoms with Gasteiger partial charge < -0.3 is 15.3 Å². The van der Waals surface area contributed by atoms with E-state index < -0.39 is 6.04 Å². The van der Waals surface area contributed by atoms with Crippen LogP contribution in [0.15, 0.2) is 17.5 Å². The maximum atomic E-state index is 12.5. The lowest BCUT2D eigenvalue weighted by atomic mass is 10.0. The molecular weight excluding hydrogens is 288 g/mol. The van der Waals surface area contributed by atoms with Crippen LogP contribution in [0.5, 0.6) is 0 Å². The molecule has 1 aliphatic rings. The molecule has 1 aromatic heterocycles. The SMILES string of the molecule is C[C@H](CCO)NC(=O)C1CCCCN1C(=O)c1cccs1. The molecule has 1 saturated heterocycles. The van der Waals surface area contributed by atoms with E-state index in [2.05, 4.69) is 5.32 Å². The van der Waals surface area contributed by atoms with Gasteiger partial charge in [0.1, 0.15) is 6.04 Å². The van der Waals surface area contributed by atoms with E-state index in [-0.39, 0.29) is 24.5 Å². The van der Waals surface area contributed by atoms with Gasteiger partial charge in [-0.25, -0.2) is 0 Å². The van der Waals surface area contributed by atoms with Crippen molar-refractivity contribution in [2.45, 2.75) is 44.7 Å². The minimum absolute atomic E-state index is 0.0456. The Morgan fingerprint density at radius 3 is 3.00 bits per heavy atom. The molecule has 1 unspecified atom stereocenters. The van der Waals surface area contributed by atoms with Crippen LogP contribution < -0.4 is 5.32 Å². The summed E-state index contributed by atoms with van der Waals surface area (Å²) in [7, 11) is 0. The van der Waals surface area contributed by atoms with Gasteiger partial charge in [-0.15, -0.1) is 11.3 Å². The summed E-state index contributed by atoms with van der Waals surface area (Å²) in [5.41, 5.74) is 0. The normalized spacial score (nSPS) is 20.1. The number of aliphatic hydroxyl groups is 1. The number of amides is 2. The maximum Gasteiger partial charge on any atom is 0.264 e. The average Bonchev–Trinajstić information content (AvgIpc) is 3.01. The Balaban J connectivity index is 2.04.